The number of esters is 1. The van der Waals surface area contributed by atoms with Gasteiger partial charge in [-0.1, -0.05) is 6.07 Å². The van der Waals surface area contributed by atoms with E-state index in [2.05, 4.69) is 5.32 Å². The monoisotopic (exact) mass is 412 g/mol. The number of nitro groups is 1. The van der Waals surface area contributed by atoms with E-state index in [-0.39, 0.29) is 11.4 Å². The number of hydrogen-bond donors (Lipinski definition) is 1. The number of benzene rings is 2. The van der Waals surface area contributed by atoms with Crippen molar-refractivity contribution in [3.05, 3.63) is 63.7 Å². The smallest absolute Gasteiger partial charge is 0.416 e. The number of alkyl halides is 3. The second-order valence-corrected chi connectivity index (χ2v) is 5.78. The van der Waals surface area contributed by atoms with Crippen LogP contribution in [0.3, 0.4) is 0 Å². The molecule has 1 amide bonds. The molecular weight excluding hydrogens is 397 g/mol. The lowest BCUT2D eigenvalue weighted by atomic mass is 10.2. The molecule has 2 aromatic carbocycles. The van der Waals surface area contributed by atoms with Crippen LogP contribution in [0.4, 0.5) is 24.5 Å². The topological polar surface area (TPSA) is 108 Å². The zero-order chi connectivity index (χ0) is 21.6. The van der Waals surface area contributed by atoms with E-state index in [4.69, 9.17) is 9.47 Å². The Morgan fingerprint density at radius 2 is 1.86 bits per heavy atom. The summed E-state index contributed by atoms with van der Waals surface area (Å²) < 4.78 is 47.5. The summed E-state index contributed by atoms with van der Waals surface area (Å²) in [6, 6.07) is 7.77. The van der Waals surface area contributed by atoms with Crippen LogP contribution < -0.4 is 10.1 Å². The molecule has 2 rings (SSSR count). The molecule has 1 N–H and O–H groups in total. The van der Waals surface area contributed by atoms with Crippen molar-refractivity contribution in [3.63, 3.8) is 0 Å². The van der Waals surface area contributed by atoms with Gasteiger partial charge in [0.05, 0.1) is 10.5 Å². The van der Waals surface area contributed by atoms with Crippen molar-refractivity contribution < 1.29 is 37.2 Å². The maximum Gasteiger partial charge on any atom is 0.416 e. The van der Waals surface area contributed by atoms with Crippen LogP contribution in [-0.2, 0) is 20.5 Å². The number of hydrogen-bond acceptors (Lipinski definition) is 6. The largest absolute Gasteiger partial charge is 0.482 e. The quantitative estimate of drug-likeness (QED) is 0.424. The van der Waals surface area contributed by atoms with Crippen molar-refractivity contribution in [1.82, 2.24) is 0 Å². The molecule has 11 heteroatoms. The standard InChI is InChI=1S/C18H15F3N2O6/c1-11-7-13(23(26)27)5-6-15(11)22-16(24)9-29-17(25)10-28-14-4-2-3-12(8-14)18(19,20)21/h2-8H,9-10H2,1H3,(H,22,24). The molecule has 0 radical (unpaired) electrons. The van der Waals surface area contributed by atoms with Gasteiger partial charge in [-0.3, -0.25) is 14.9 Å². The number of carbonyl (C=O) groups excluding carboxylic acids is 2. The molecule has 2 aromatic rings. The highest BCUT2D eigenvalue weighted by molar-refractivity contribution is 5.93. The van der Waals surface area contributed by atoms with Crippen LogP contribution in [0.2, 0.25) is 0 Å². The number of rotatable bonds is 7. The number of halogens is 3. The zero-order valence-corrected chi connectivity index (χ0v) is 15.0. The predicted molar refractivity (Wildman–Crippen MR) is 94.4 cm³/mol. The van der Waals surface area contributed by atoms with Crippen LogP contribution in [0.5, 0.6) is 5.75 Å². The maximum atomic E-state index is 12.6. The Morgan fingerprint density at radius 3 is 2.48 bits per heavy atom. The van der Waals surface area contributed by atoms with Crippen LogP contribution >= 0.6 is 0 Å². The van der Waals surface area contributed by atoms with Gasteiger partial charge >= 0.3 is 12.1 Å². The number of non-ortho nitro benzene ring substituents is 1. The number of anilines is 1. The summed E-state index contributed by atoms with van der Waals surface area (Å²) in [6.45, 7) is 0.198. The molecule has 0 aromatic heterocycles. The van der Waals surface area contributed by atoms with Gasteiger partial charge in [-0.15, -0.1) is 0 Å². The molecule has 0 saturated carbocycles. The number of ether oxygens (including phenoxy) is 2. The number of nitrogens with zero attached hydrogens (tertiary/aromatic N) is 1. The molecule has 0 heterocycles. The van der Waals surface area contributed by atoms with E-state index in [0.717, 1.165) is 18.2 Å². The molecule has 0 aliphatic carbocycles. The highest BCUT2D eigenvalue weighted by atomic mass is 19.4. The second kappa shape index (κ2) is 9.04. The molecule has 154 valence electrons. The van der Waals surface area contributed by atoms with Gasteiger partial charge in [0.25, 0.3) is 11.6 Å². The van der Waals surface area contributed by atoms with Gasteiger partial charge in [0.1, 0.15) is 5.75 Å². The minimum absolute atomic E-state index is 0.140. The lowest BCUT2D eigenvalue weighted by Gasteiger charge is -2.11. The van der Waals surface area contributed by atoms with E-state index >= 15 is 0 Å². The molecule has 0 bridgehead atoms. The summed E-state index contributed by atoms with van der Waals surface area (Å²) in [5.74, 6) is -1.84. The number of amides is 1. The number of nitro benzene ring substituents is 1. The average molecular weight is 412 g/mol. The first-order valence-corrected chi connectivity index (χ1v) is 8.07. The number of aryl methyl sites for hydroxylation is 1. The Hall–Kier alpha value is -3.63. The Labute approximate surface area is 162 Å². The first-order chi connectivity index (χ1) is 13.6. The zero-order valence-electron chi connectivity index (χ0n) is 15.0. The molecule has 0 aliphatic rings. The lowest BCUT2D eigenvalue weighted by Crippen LogP contribution is -2.24. The third kappa shape index (κ3) is 6.48. The second-order valence-electron chi connectivity index (χ2n) is 5.78. The van der Waals surface area contributed by atoms with Crippen molar-refractivity contribution in [2.24, 2.45) is 0 Å². The molecular formula is C18H15F3N2O6. The minimum Gasteiger partial charge on any atom is -0.482 e. The van der Waals surface area contributed by atoms with Gasteiger partial charge in [0.2, 0.25) is 0 Å². The average Bonchev–Trinajstić information content (AvgIpc) is 2.65. The van der Waals surface area contributed by atoms with Crippen molar-refractivity contribution in [3.8, 4) is 5.75 Å². The van der Waals surface area contributed by atoms with Crippen LogP contribution in [0.1, 0.15) is 11.1 Å². The molecule has 0 fully saturated rings. The van der Waals surface area contributed by atoms with Crippen molar-refractivity contribution >= 4 is 23.3 Å². The van der Waals surface area contributed by atoms with Gasteiger partial charge in [-0.25, -0.2) is 4.79 Å². The lowest BCUT2D eigenvalue weighted by molar-refractivity contribution is -0.384. The summed E-state index contributed by atoms with van der Waals surface area (Å²) in [4.78, 5) is 33.6. The van der Waals surface area contributed by atoms with Crippen molar-refractivity contribution in [1.29, 1.82) is 0 Å². The van der Waals surface area contributed by atoms with E-state index < -0.39 is 41.8 Å². The fraction of sp³-hybridized carbons (Fsp3) is 0.222. The van der Waals surface area contributed by atoms with Gasteiger partial charge < -0.3 is 14.8 Å². The maximum absolute atomic E-state index is 12.6. The third-order valence-corrected chi connectivity index (χ3v) is 3.58. The normalized spacial score (nSPS) is 10.9. The van der Waals surface area contributed by atoms with Gasteiger partial charge in [0, 0.05) is 17.8 Å². The highest BCUT2D eigenvalue weighted by Crippen LogP contribution is 2.31. The summed E-state index contributed by atoms with van der Waals surface area (Å²) in [6.07, 6.45) is -4.55. The van der Waals surface area contributed by atoms with E-state index in [9.17, 15) is 32.9 Å². The summed E-state index contributed by atoms with van der Waals surface area (Å²) in [5.41, 5.74) is -0.330. The number of nitrogens with one attached hydrogen (secondary N) is 1. The molecule has 8 nitrogen and oxygen atoms in total. The molecule has 29 heavy (non-hydrogen) atoms. The van der Waals surface area contributed by atoms with Crippen molar-refractivity contribution in [2.45, 2.75) is 13.1 Å². The summed E-state index contributed by atoms with van der Waals surface area (Å²) in [5, 5.41) is 13.1. The Kier molecular flexibility index (Phi) is 6.75. The Balaban J connectivity index is 1.82. The fourth-order valence-corrected chi connectivity index (χ4v) is 2.18. The van der Waals surface area contributed by atoms with E-state index in [1.807, 2.05) is 0 Å². The molecule has 0 spiro atoms. The molecule has 0 unspecified atom stereocenters. The molecule has 0 atom stereocenters. The van der Waals surface area contributed by atoms with Gasteiger partial charge in [-0.05, 0) is 36.8 Å². The molecule has 0 aliphatic heterocycles. The van der Waals surface area contributed by atoms with Crippen LogP contribution in [0.15, 0.2) is 42.5 Å². The SMILES string of the molecule is Cc1cc([N+](=O)[O-])ccc1NC(=O)COC(=O)COc1cccc(C(F)(F)F)c1. The van der Waals surface area contributed by atoms with E-state index in [1.165, 1.54) is 24.3 Å². The van der Waals surface area contributed by atoms with E-state index in [1.54, 1.807) is 6.92 Å². The Bertz CT molecular complexity index is 930. The predicted octanol–water partition coefficient (Wildman–Crippen LogP) is 3.48. The highest BCUT2D eigenvalue weighted by Gasteiger charge is 2.30. The van der Waals surface area contributed by atoms with Crippen LogP contribution in [0.25, 0.3) is 0 Å². The molecule has 0 saturated heterocycles. The fourth-order valence-electron chi connectivity index (χ4n) is 2.18. The number of carbonyl (C=O) groups is 2. The van der Waals surface area contributed by atoms with Crippen LogP contribution in [0, 0.1) is 17.0 Å². The first-order valence-electron chi connectivity index (χ1n) is 8.07. The van der Waals surface area contributed by atoms with E-state index in [0.29, 0.717) is 11.3 Å². The van der Waals surface area contributed by atoms with Crippen LogP contribution in [-0.4, -0.2) is 30.0 Å². The van der Waals surface area contributed by atoms with Gasteiger partial charge in [0.15, 0.2) is 13.2 Å². The minimum atomic E-state index is -4.55. The summed E-state index contributed by atoms with van der Waals surface area (Å²) in [7, 11) is 0. The third-order valence-electron chi connectivity index (χ3n) is 3.58. The summed E-state index contributed by atoms with van der Waals surface area (Å²) >= 11 is 0. The first kappa shape index (κ1) is 21.7. The van der Waals surface area contributed by atoms with Gasteiger partial charge in [-0.2, -0.15) is 13.2 Å². The van der Waals surface area contributed by atoms with Crippen molar-refractivity contribution in [2.75, 3.05) is 18.5 Å². The Morgan fingerprint density at radius 1 is 1.14 bits per heavy atom.